The molecule has 0 spiro atoms. The third-order valence-corrected chi connectivity index (χ3v) is 5.42. The molecule has 146 valence electrons. The number of halogens is 3. The van der Waals surface area contributed by atoms with Gasteiger partial charge in [-0.15, -0.1) is 0 Å². The summed E-state index contributed by atoms with van der Waals surface area (Å²) in [5.74, 6) is 0. The van der Waals surface area contributed by atoms with Crippen molar-refractivity contribution in [3.05, 3.63) is 29.3 Å². The number of nitrogens with one attached hydrogen (secondary N) is 1. The molecule has 0 bridgehead atoms. The van der Waals surface area contributed by atoms with Crippen molar-refractivity contribution < 1.29 is 18.0 Å². The molecule has 1 N–H and O–H groups in total. The lowest BCUT2D eigenvalue weighted by Gasteiger charge is -2.41. The topological polar surface area (TPSA) is 32.3 Å². The van der Waals surface area contributed by atoms with E-state index in [1.54, 1.807) is 0 Å². The smallest absolute Gasteiger partial charge is 0.328 e. The minimum atomic E-state index is -4.11. The van der Waals surface area contributed by atoms with E-state index in [-0.39, 0.29) is 17.4 Å². The molecule has 1 aromatic carbocycles. The fraction of sp³-hybridized carbons (Fsp3) is 0.650. The lowest BCUT2D eigenvalue weighted by molar-refractivity contribution is -0.138. The maximum Gasteiger partial charge on any atom is 0.390 e. The summed E-state index contributed by atoms with van der Waals surface area (Å²) in [7, 11) is 0. The van der Waals surface area contributed by atoms with E-state index in [2.05, 4.69) is 39.1 Å². The number of hydrogen-bond donors (Lipinski definition) is 1. The van der Waals surface area contributed by atoms with Crippen molar-refractivity contribution in [1.82, 2.24) is 4.90 Å². The molecule has 0 aromatic heterocycles. The number of alkyl halides is 3. The van der Waals surface area contributed by atoms with Crippen LogP contribution in [0, 0.1) is 0 Å². The molecule has 1 aliphatic heterocycles. The lowest BCUT2D eigenvalue weighted by atomic mass is 9.72. The largest absolute Gasteiger partial charge is 0.390 e. The zero-order chi connectivity index (χ0) is 19.6. The van der Waals surface area contributed by atoms with Crippen LogP contribution in [0.3, 0.4) is 0 Å². The highest BCUT2D eigenvalue weighted by Crippen LogP contribution is 2.41. The molecule has 6 heteroatoms. The summed E-state index contributed by atoms with van der Waals surface area (Å²) >= 11 is 0. The van der Waals surface area contributed by atoms with Gasteiger partial charge in [-0.05, 0) is 54.0 Å². The Morgan fingerprint density at radius 2 is 1.81 bits per heavy atom. The van der Waals surface area contributed by atoms with Gasteiger partial charge in [-0.2, -0.15) is 13.2 Å². The van der Waals surface area contributed by atoms with E-state index in [1.807, 2.05) is 17.0 Å². The van der Waals surface area contributed by atoms with Crippen LogP contribution in [0.15, 0.2) is 18.2 Å². The van der Waals surface area contributed by atoms with Crippen LogP contribution in [-0.4, -0.2) is 37.1 Å². The second kappa shape index (κ2) is 7.59. The van der Waals surface area contributed by atoms with Gasteiger partial charge in [0.05, 0.1) is 6.42 Å². The highest BCUT2D eigenvalue weighted by Gasteiger charge is 2.36. The minimum Gasteiger partial charge on any atom is -0.328 e. The maximum absolute atomic E-state index is 12.5. The average molecular weight is 370 g/mol. The van der Waals surface area contributed by atoms with Gasteiger partial charge >= 0.3 is 6.18 Å². The van der Waals surface area contributed by atoms with E-state index >= 15 is 0 Å². The van der Waals surface area contributed by atoms with E-state index in [1.165, 1.54) is 5.56 Å². The van der Waals surface area contributed by atoms with Gasteiger partial charge in [-0.3, -0.25) is 4.79 Å². The number of anilines is 1. The Morgan fingerprint density at radius 3 is 2.31 bits per heavy atom. The van der Waals surface area contributed by atoms with Crippen LogP contribution >= 0.6 is 0 Å². The van der Waals surface area contributed by atoms with E-state index in [4.69, 9.17) is 0 Å². The summed E-state index contributed by atoms with van der Waals surface area (Å²) in [6.07, 6.45) is -2.65. The highest BCUT2D eigenvalue weighted by atomic mass is 19.4. The molecule has 0 unspecified atom stereocenters. The van der Waals surface area contributed by atoms with Gasteiger partial charge in [0.25, 0.3) is 0 Å². The van der Waals surface area contributed by atoms with Gasteiger partial charge in [0.15, 0.2) is 0 Å². The lowest BCUT2D eigenvalue weighted by Crippen LogP contribution is -2.42. The zero-order valence-corrected chi connectivity index (χ0v) is 16.0. The van der Waals surface area contributed by atoms with Crippen molar-refractivity contribution in [3.63, 3.8) is 0 Å². The normalized spacial score (nSPS) is 18.6. The Hall–Kier alpha value is -1.56. The molecule has 1 amide bonds. The number of rotatable bonds is 5. The Morgan fingerprint density at radius 1 is 1.19 bits per heavy atom. The van der Waals surface area contributed by atoms with Crippen LogP contribution in [0.4, 0.5) is 18.9 Å². The number of benzene rings is 1. The number of amides is 1. The van der Waals surface area contributed by atoms with Crippen LogP contribution in [0.1, 0.15) is 58.1 Å². The predicted octanol–water partition coefficient (Wildman–Crippen LogP) is 4.86. The summed E-state index contributed by atoms with van der Waals surface area (Å²) in [4.78, 5) is 12.9. The Balaban J connectivity index is 2.20. The number of nitrogens with zero attached hydrogens (tertiary/aromatic N) is 1. The van der Waals surface area contributed by atoms with Crippen LogP contribution in [0.2, 0.25) is 0 Å². The van der Waals surface area contributed by atoms with Crippen LogP contribution in [-0.2, 0) is 15.6 Å². The van der Waals surface area contributed by atoms with Gasteiger partial charge in [0.2, 0.25) is 6.41 Å². The van der Waals surface area contributed by atoms with Gasteiger partial charge in [-0.25, -0.2) is 0 Å². The molecule has 1 saturated heterocycles. The molecule has 3 nitrogen and oxygen atoms in total. The standard InChI is InChI=1S/C20H29F3N2O/c1-18(2,3)15-5-6-17(24-14-26)16(13-15)19(4)7-10-25(11-8-19)12-9-20(21,22)23/h5-6,13-14H,7-12H2,1-4H3,(H,24,26). The summed E-state index contributed by atoms with van der Waals surface area (Å²) in [5, 5.41) is 2.79. The molecule has 1 aromatic rings. The summed E-state index contributed by atoms with van der Waals surface area (Å²) < 4.78 is 37.4. The first-order valence-electron chi connectivity index (χ1n) is 9.09. The van der Waals surface area contributed by atoms with Gasteiger partial charge < -0.3 is 10.2 Å². The molecule has 0 aliphatic carbocycles. The number of carbonyl (C=O) groups is 1. The van der Waals surface area contributed by atoms with Crippen molar-refractivity contribution in [1.29, 1.82) is 0 Å². The van der Waals surface area contributed by atoms with Crippen molar-refractivity contribution in [2.75, 3.05) is 25.0 Å². The second-order valence-electron chi connectivity index (χ2n) is 8.54. The highest BCUT2D eigenvalue weighted by molar-refractivity contribution is 5.74. The predicted molar refractivity (Wildman–Crippen MR) is 98.5 cm³/mol. The van der Waals surface area contributed by atoms with Gasteiger partial charge in [0, 0.05) is 12.2 Å². The monoisotopic (exact) mass is 370 g/mol. The molecule has 0 saturated carbocycles. The molecular formula is C20H29F3N2O. The number of likely N-dealkylation sites (tertiary alicyclic amines) is 1. The first-order chi connectivity index (χ1) is 11.9. The Bertz CT molecular complexity index is 627. The number of carbonyl (C=O) groups excluding carboxylic acids is 1. The molecule has 1 fully saturated rings. The molecule has 2 rings (SSSR count). The fourth-order valence-electron chi connectivity index (χ4n) is 3.52. The summed E-state index contributed by atoms with van der Waals surface area (Å²) in [5.41, 5.74) is 2.87. The SMILES string of the molecule is CC(C)(C)c1ccc(NC=O)c(C2(C)CCN(CCC(F)(F)F)CC2)c1. The summed E-state index contributed by atoms with van der Waals surface area (Å²) in [6.45, 7) is 9.88. The third kappa shape index (κ3) is 5.22. The van der Waals surface area contributed by atoms with Crippen LogP contribution < -0.4 is 5.32 Å². The number of piperidine rings is 1. The van der Waals surface area contributed by atoms with Gasteiger partial charge in [0.1, 0.15) is 0 Å². The molecule has 26 heavy (non-hydrogen) atoms. The zero-order valence-electron chi connectivity index (χ0n) is 16.0. The molecule has 0 radical (unpaired) electrons. The minimum absolute atomic E-state index is 0.0156. The van der Waals surface area contributed by atoms with Crippen molar-refractivity contribution in [3.8, 4) is 0 Å². The first kappa shape index (κ1) is 20.7. The van der Waals surface area contributed by atoms with Crippen LogP contribution in [0.5, 0.6) is 0 Å². The molecule has 0 atom stereocenters. The molecule has 1 heterocycles. The molecule has 1 aliphatic rings. The average Bonchev–Trinajstić information content (AvgIpc) is 2.53. The van der Waals surface area contributed by atoms with Crippen molar-refractivity contribution >= 4 is 12.1 Å². The summed E-state index contributed by atoms with van der Waals surface area (Å²) in [6, 6.07) is 6.11. The van der Waals surface area contributed by atoms with E-state index < -0.39 is 12.6 Å². The van der Waals surface area contributed by atoms with Crippen molar-refractivity contribution in [2.45, 2.75) is 64.0 Å². The van der Waals surface area contributed by atoms with E-state index in [0.717, 1.165) is 24.1 Å². The quantitative estimate of drug-likeness (QED) is 0.751. The third-order valence-electron chi connectivity index (χ3n) is 5.42. The van der Waals surface area contributed by atoms with Gasteiger partial charge in [-0.1, -0.05) is 39.8 Å². The van der Waals surface area contributed by atoms with E-state index in [9.17, 15) is 18.0 Å². The van der Waals surface area contributed by atoms with E-state index in [0.29, 0.717) is 19.5 Å². The molecular weight excluding hydrogens is 341 g/mol. The van der Waals surface area contributed by atoms with Crippen molar-refractivity contribution in [2.24, 2.45) is 0 Å². The van der Waals surface area contributed by atoms with Crippen LogP contribution in [0.25, 0.3) is 0 Å². The number of hydrogen-bond acceptors (Lipinski definition) is 2. The Labute approximate surface area is 154 Å². The first-order valence-corrected chi connectivity index (χ1v) is 9.09. The fourth-order valence-corrected chi connectivity index (χ4v) is 3.52. The Kier molecular flexibility index (Phi) is 6.06. The maximum atomic E-state index is 12.5. The second-order valence-corrected chi connectivity index (χ2v) is 8.54.